The molecule has 128 valence electrons. The lowest BCUT2D eigenvalue weighted by Crippen LogP contribution is -2.12. The number of carbonyl (C=O) groups excluding carboxylic acids is 1. The average Bonchev–Trinajstić information content (AvgIpc) is 2.63. The summed E-state index contributed by atoms with van der Waals surface area (Å²) in [5, 5.41) is 8.96. The lowest BCUT2D eigenvalue weighted by Gasteiger charge is -2.26. The van der Waals surface area contributed by atoms with Gasteiger partial charge in [0.15, 0.2) is 0 Å². The van der Waals surface area contributed by atoms with Crippen molar-refractivity contribution in [2.45, 2.75) is 45.4 Å². The maximum absolute atomic E-state index is 12.3. The fraction of sp³-hybridized carbons (Fsp3) is 0.364. The predicted octanol–water partition coefficient (Wildman–Crippen LogP) is 5.38. The van der Waals surface area contributed by atoms with Crippen LogP contribution in [0.3, 0.4) is 0 Å². The van der Waals surface area contributed by atoms with Crippen molar-refractivity contribution in [1.29, 1.82) is 5.26 Å². The monoisotopic (exact) mass is 333 g/mol. The van der Waals surface area contributed by atoms with Gasteiger partial charge in [0.25, 0.3) is 0 Å². The molecule has 0 unspecified atom stereocenters. The van der Waals surface area contributed by atoms with E-state index in [-0.39, 0.29) is 5.97 Å². The van der Waals surface area contributed by atoms with Crippen molar-refractivity contribution in [1.82, 2.24) is 0 Å². The molecule has 0 heterocycles. The van der Waals surface area contributed by atoms with Gasteiger partial charge in [-0.15, -0.1) is 0 Å². The number of nitriles is 1. The zero-order valence-electron chi connectivity index (χ0n) is 14.8. The quantitative estimate of drug-likeness (QED) is 0.560. The van der Waals surface area contributed by atoms with Crippen molar-refractivity contribution in [3.05, 3.63) is 64.7 Å². The summed E-state index contributed by atoms with van der Waals surface area (Å²) in [6.45, 7) is 4.15. The summed E-state index contributed by atoms with van der Waals surface area (Å²) < 4.78 is 5.43. The molecule has 2 aromatic carbocycles. The van der Waals surface area contributed by atoms with Crippen LogP contribution in [0.4, 0.5) is 0 Å². The summed E-state index contributed by atoms with van der Waals surface area (Å²) >= 11 is 0. The molecule has 0 atom stereocenters. The van der Waals surface area contributed by atoms with Gasteiger partial charge in [0.2, 0.25) is 0 Å². The minimum absolute atomic E-state index is 0.368. The third kappa shape index (κ3) is 4.09. The van der Waals surface area contributed by atoms with Crippen molar-refractivity contribution < 1.29 is 9.53 Å². The first-order valence-corrected chi connectivity index (χ1v) is 8.89. The molecule has 1 saturated carbocycles. The van der Waals surface area contributed by atoms with Crippen molar-refractivity contribution in [2.24, 2.45) is 5.92 Å². The van der Waals surface area contributed by atoms with Crippen molar-refractivity contribution in [2.75, 3.05) is 0 Å². The van der Waals surface area contributed by atoms with E-state index in [2.05, 4.69) is 25.1 Å². The highest BCUT2D eigenvalue weighted by Gasteiger charge is 2.20. The highest BCUT2D eigenvalue weighted by atomic mass is 16.5. The van der Waals surface area contributed by atoms with Gasteiger partial charge in [-0.05, 0) is 73.1 Å². The normalized spacial score (nSPS) is 19.9. The Bertz CT molecular complexity index is 794. The number of carbonyl (C=O) groups is 1. The Kier molecular flexibility index (Phi) is 5.19. The van der Waals surface area contributed by atoms with Crippen LogP contribution in [0.1, 0.15) is 65.6 Å². The molecule has 0 spiro atoms. The van der Waals surface area contributed by atoms with Crippen LogP contribution in [0, 0.1) is 24.2 Å². The second kappa shape index (κ2) is 7.53. The van der Waals surface area contributed by atoms with Crippen molar-refractivity contribution in [3.63, 3.8) is 0 Å². The van der Waals surface area contributed by atoms with Gasteiger partial charge in [0.1, 0.15) is 5.75 Å². The highest BCUT2D eigenvalue weighted by Crippen LogP contribution is 2.35. The standard InChI is InChI=1S/C22H23NO2/c1-15-3-5-17(6-4-15)18-7-9-19(10-8-18)22(24)25-21-12-11-20(14-23)16(2)13-21/h7-13,15,17H,3-6H2,1-2H3. The summed E-state index contributed by atoms with van der Waals surface area (Å²) in [6.07, 6.45) is 5.03. The van der Waals surface area contributed by atoms with Gasteiger partial charge in [-0.1, -0.05) is 31.9 Å². The Morgan fingerprint density at radius 1 is 1.08 bits per heavy atom. The molecule has 0 aliphatic heterocycles. The first-order chi connectivity index (χ1) is 12.1. The van der Waals surface area contributed by atoms with Gasteiger partial charge in [-0.25, -0.2) is 4.79 Å². The maximum Gasteiger partial charge on any atom is 0.343 e. The van der Waals surface area contributed by atoms with E-state index in [0.717, 1.165) is 11.5 Å². The third-order valence-electron chi connectivity index (χ3n) is 5.16. The lowest BCUT2D eigenvalue weighted by atomic mass is 9.79. The van der Waals surface area contributed by atoms with Gasteiger partial charge in [0, 0.05) is 0 Å². The van der Waals surface area contributed by atoms with E-state index < -0.39 is 0 Å². The van der Waals surface area contributed by atoms with Crippen LogP contribution in [0.5, 0.6) is 5.75 Å². The van der Waals surface area contributed by atoms with E-state index in [4.69, 9.17) is 10.00 Å². The molecule has 0 N–H and O–H groups in total. The Hall–Kier alpha value is -2.60. The largest absolute Gasteiger partial charge is 0.423 e. The molecular formula is C22H23NO2. The van der Waals surface area contributed by atoms with Crippen LogP contribution in [-0.4, -0.2) is 5.97 Å². The second-order valence-electron chi connectivity index (χ2n) is 7.06. The summed E-state index contributed by atoms with van der Waals surface area (Å²) in [5.74, 6) is 1.54. The molecule has 25 heavy (non-hydrogen) atoms. The van der Waals surface area contributed by atoms with E-state index in [1.54, 1.807) is 18.2 Å². The fourth-order valence-electron chi connectivity index (χ4n) is 3.48. The minimum Gasteiger partial charge on any atom is -0.423 e. The molecule has 1 aliphatic carbocycles. The van der Waals surface area contributed by atoms with E-state index >= 15 is 0 Å². The van der Waals surface area contributed by atoms with Gasteiger partial charge >= 0.3 is 5.97 Å². The Labute approximate surface area is 149 Å². The third-order valence-corrected chi connectivity index (χ3v) is 5.16. The summed E-state index contributed by atoms with van der Waals surface area (Å²) in [5.41, 5.74) is 3.26. The van der Waals surface area contributed by atoms with Crippen LogP contribution in [0.25, 0.3) is 0 Å². The number of ether oxygens (including phenoxy) is 1. The molecule has 0 amide bonds. The number of nitrogens with zero attached hydrogens (tertiary/aromatic N) is 1. The molecule has 3 rings (SSSR count). The Morgan fingerprint density at radius 3 is 2.36 bits per heavy atom. The molecule has 0 radical (unpaired) electrons. The first-order valence-electron chi connectivity index (χ1n) is 8.89. The number of esters is 1. The maximum atomic E-state index is 12.3. The van der Waals surface area contributed by atoms with Gasteiger partial charge in [0.05, 0.1) is 17.2 Å². The first kappa shape index (κ1) is 17.2. The van der Waals surface area contributed by atoms with Crippen LogP contribution >= 0.6 is 0 Å². The number of hydrogen-bond acceptors (Lipinski definition) is 3. The van der Waals surface area contributed by atoms with Crippen molar-refractivity contribution >= 4 is 5.97 Å². The summed E-state index contributed by atoms with van der Waals surface area (Å²) in [7, 11) is 0. The number of hydrogen-bond donors (Lipinski definition) is 0. The van der Waals surface area contributed by atoms with Crippen LogP contribution in [0.15, 0.2) is 42.5 Å². The van der Waals surface area contributed by atoms with E-state index in [0.29, 0.717) is 22.8 Å². The molecule has 0 saturated heterocycles. The van der Waals surface area contributed by atoms with E-state index in [9.17, 15) is 4.79 Å². The van der Waals surface area contributed by atoms with Gasteiger partial charge in [-0.2, -0.15) is 5.26 Å². The SMILES string of the molecule is Cc1cc(OC(=O)c2ccc(C3CCC(C)CC3)cc2)ccc1C#N. The Morgan fingerprint density at radius 2 is 1.76 bits per heavy atom. The second-order valence-corrected chi connectivity index (χ2v) is 7.06. The molecule has 0 bridgehead atoms. The van der Waals surface area contributed by atoms with E-state index in [1.807, 2.05) is 19.1 Å². The van der Waals surface area contributed by atoms with Crippen LogP contribution < -0.4 is 4.74 Å². The molecule has 3 nitrogen and oxygen atoms in total. The average molecular weight is 333 g/mol. The molecule has 0 aromatic heterocycles. The molecule has 2 aromatic rings. The summed E-state index contributed by atoms with van der Waals surface area (Å²) in [4.78, 5) is 12.3. The van der Waals surface area contributed by atoms with Gasteiger partial charge in [-0.3, -0.25) is 0 Å². The zero-order valence-corrected chi connectivity index (χ0v) is 14.8. The molecule has 1 fully saturated rings. The predicted molar refractivity (Wildman–Crippen MR) is 97.7 cm³/mol. The fourth-order valence-corrected chi connectivity index (χ4v) is 3.48. The number of rotatable bonds is 3. The van der Waals surface area contributed by atoms with Gasteiger partial charge < -0.3 is 4.74 Å². The topological polar surface area (TPSA) is 50.1 Å². The molecule has 3 heteroatoms. The zero-order chi connectivity index (χ0) is 17.8. The minimum atomic E-state index is -0.368. The number of benzene rings is 2. The summed E-state index contributed by atoms with van der Waals surface area (Å²) in [6, 6.07) is 15.0. The number of aryl methyl sites for hydroxylation is 1. The van der Waals surface area contributed by atoms with Crippen LogP contribution in [0.2, 0.25) is 0 Å². The Balaban J connectivity index is 1.66. The molecular weight excluding hydrogens is 310 g/mol. The lowest BCUT2D eigenvalue weighted by molar-refractivity contribution is 0.0734. The highest BCUT2D eigenvalue weighted by molar-refractivity contribution is 5.91. The van der Waals surface area contributed by atoms with E-state index in [1.165, 1.54) is 31.2 Å². The smallest absolute Gasteiger partial charge is 0.343 e. The molecule has 1 aliphatic rings. The van der Waals surface area contributed by atoms with Crippen molar-refractivity contribution in [3.8, 4) is 11.8 Å². The van der Waals surface area contributed by atoms with Crippen LogP contribution in [-0.2, 0) is 0 Å².